The van der Waals surface area contributed by atoms with E-state index in [-0.39, 0.29) is 57.0 Å². The van der Waals surface area contributed by atoms with Crippen molar-refractivity contribution in [3.8, 4) is 0 Å². The van der Waals surface area contributed by atoms with Crippen LogP contribution in [0.1, 0.15) is 11.4 Å². The summed E-state index contributed by atoms with van der Waals surface area (Å²) >= 11 is 2.53. The van der Waals surface area contributed by atoms with Crippen molar-refractivity contribution in [2.24, 2.45) is 14.1 Å². The molecule has 0 N–H and O–H groups in total. The molecule has 0 radical (unpaired) electrons. The number of aryl methyl sites for hydroxylation is 2. The number of aliphatic carboxylic acids is 2. The van der Waals surface area contributed by atoms with Crippen LogP contribution in [0.3, 0.4) is 0 Å². The average molecular weight is 551 g/mol. The number of carboxylic acids is 2. The van der Waals surface area contributed by atoms with Crippen LogP contribution in [0.25, 0.3) is 12.2 Å². The number of nitrogens with zero attached hydrogens (tertiary/aromatic N) is 8. The molecule has 0 spiro atoms. The topological polar surface area (TPSA) is 182 Å². The van der Waals surface area contributed by atoms with E-state index in [1.165, 1.54) is 53.5 Å². The van der Waals surface area contributed by atoms with E-state index in [0.717, 1.165) is 0 Å². The van der Waals surface area contributed by atoms with Crippen LogP contribution in [0.2, 0.25) is 0 Å². The number of β-lactam (4-membered cyclic amide) rings is 2. The van der Waals surface area contributed by atoms with Gasteiger partial charge in [-0.25, -0.2) is 0 Å². The van der Waals surface area contributed by atoms with Crippen molar-refractivity contribution >= 4 is 82.5 Å². The molecule has 0 unspecified atom stereocenters. The number of hydrogen-bond acceptors (Lipinski definition) is 12. The molecule has 2 saturated heterocycles. The van der Waals surface area contributed by atoms with Gasteiger partial charge in [0.25, 0.3) is 11.8 Å². The molecule has 2 fully saturated rings. The number of thioether (sulfide) groups is 2. The summed E-state index contributed by atoms with van der Waals surface area (Å²) in [6.07, 6.45) is 6.59. The number of aromatic nitrogens is 6. The molecule has 6 rings (SSSR count). The first kappa shape index (κ1) is 26.6. The van der Waals surface area contributed by atoms with Gasteiger partial charge in [0.2, 0.25) is 0 Å². The van der Waals surface area contributed by atoms with Gasteiger partial charge in [-0.2, -0.15) is 0 Å². The Kier molecular flexibility index (Phi) is 7.31. The molecule has 6 heterocycles. The number of rotatable bonds is 4. The Balaban J connectivity index is 0.000000168. The van der Waals surface area contributed by atoms with Crippen molar-refractivity contribution in [2.45, 2.75) is 10.7 Å². The van der Waals surface area contributed by atoms with Gasteiger partial charge in [0.15, 0.2) is 0 Å². The number of hydrogen-bond donors (Lipinski definition) is 0. The van der Waals surface area contributed by atoms with Crippen LogP contribution in [0, 0.1) is 0 Å². The predicted octanol–water partition coefficient (Wildman–Crippen LogP) is -2.97. The Morgan fingerprint density at radius 2 is 1.19 bits per heavy atom. The van der Waals surface area contributed by atoms with Gasteiger partial charge in [-0.3, -0.25) is 28.8 Å². The predicted molar refractivity (Wildman–Crippen MR) is 126 cm³/mol. The molecule has 2 aromatic rings. The van der Waals surface area contributed by atoms with E-state index in [1.54, 1.807) is 38.6 Å². The van der Waals surface area contributed by atoms with E-state index in [1.807, 2.05) is 0 Å². The molecule has 2 aromatic heterocycles. The summed E-state index contributed by atoms with van der Waals surface area (Å²) in [6, 6.07) is 0. The third kappa shape index (κ3) is 4.69. The fourth-order valence-corrected chi connectivity index (χ4v) is 5.93. The smallest absolute Gasteiger partial charge is 0.543 e. The average Bonchev–Trinajstić information content (AvgIpc) is 3.60. The summed E-state index contributed by atoms with van der Waals surface area (Å²) in [5.74, 6) is -3.33. The minimum atomic E-state index is -1.34. The zero-order chi connectivity index (χ0) is 25.7. The van der Waals surface area contributed by atoms with Gasteiger partial charge < -0.3 is 19.8 Å². The molecule has 4 aliphatic heterocycles. The summed E-state index contributed by atoms with van der Waals surface area (Å²) in [7, 11) is 3.45. The number of carbonyl (C=O) groups is 4. The van der Waals surface area contributed by atoms with E-state index < -0.39 is 11.9 Å². The van der Waals surface area contributed by atoms with Crippen LogP contribution >= 0.6 is 23.5 Å². The molecule has 37 heavy (non-hydrogen) atoms. The van der Waals surface area contributed by atoms with E-state index >= 15 is 0 Å². The summed E-state index contributed by atoms with van der Waals surface area (Å²) in [4.78, 5) is 47.6. The minimum Gasteiger partial charge on any atom is -0.543 e. The van der Waals surface area contributed by atoms with Crippen molar-refractivity contribution in [3.05, 3.63) is 57.1 Å². The van der Waals surface area contributed by atoms with Gasteiger partial charge in [0, 0.05) is 14.1 Å². The third-order valence-corrected chi connectivity index (χ3v) is 7.50. The second-order valence-electron chi connectivity index (χ2n) is 7.74. The number of fused-ring (bicyclic) bond motifs is 2. The molecule has 17 heteroatoms. The number of carbonyl (C=O) groups excluding carboxylic acids is 4. The maximum absolute atomic E-state index is 11.8. The first-order valence-electron chi connectivity index (χ1n) is 10.1. The van der Waals surface area contributed by atoms with Crippen LogP contribution in [0.15, 0.2) is 45.8 Å². The Hall–Kier alpha value is -3.41. The van der Waals surface area contributed by atoms with Crippen LogP contribution in [-0.4, -0.2) is 97.3 Å². The summed E-state index contributed by atoms with van der Waals surface area (Å²) in [5, 5.41) is 39.0. The fourth-order valence-electron chi connectivity index (χ4n) is 3.70. The monoisotopic (exact) mass is 550 g/mol. The van der Waals surface area contributed by atoms with Gasteiger partial charge in [0.05, 0.1) is 46.9 Å². The quantitative estimate of drug-likeness (QED) is 0.214. The summed E-state index contributed by atoms with van der Waals surface area (Å²) < 4.78 is 3.06. The van der Waals surface area contributed by atoms with Crippen molar-refractivity contribution in [1.82, 2.24) is 39.8 Å². The third-order valence-electron chi connectivity index (χ3n) is 5.33. The number of amides is 2. The molecule has 2 amide bonds. The molecule has 14 nitrogen and oxygen atoms in total. The zero-order valence-electron chi connectivity index (χ0n) is 19.2. The van der Waals surface area contributed by atoms with Gasteiger partial charge in [0.1, 0.15) is 22.1 Å². The SMILES string of the molecule is Cn1cc(/C=C2/C(=O)N3C(C(=O)[O-])=CS[C@H]23)nn1.Cn1cc(/C=C2/C(=O)N3C(C(=O)[O-])=CS[C@H]23)nn1.[Mg+2]. The van der Waals surface area contributed by atoms with E-state index in [2.05, 4.69) is 20.6 Å². The first-order valence-corrected chi connectivity index (χ1v) is 12.0. The molecule has 0 saturated carbocycles. The van der Waals surface area contributed by atoms with Crippen LogP contribution in [0.4, 0.5) is 0 Å². The Labute approximate surface area is 232 Å². The van der Waals surface area contributed by atoms with Crippen molar-refractivity contribution in [3.63, 3.8) is 0 Å². The number of carboxylic acid groups (broad SMARTS) is 2. The molecule has 0 bridgehead atoms. The van der Waals surface area contributed by atoms with Crippen LogP contribution in [0.5, 0.6) is 0 Å². The summed E-state index contributed by atoms with van der Waals surface area (Å²) in [5.41, 5.74) is 2.03. The Morgan fingerprint density at radius 3 is 1.49 bits per heavy atom. The first-order chi connectivity index (χ1) is 17.2. The second kappa shape index (κ2) is 10.2. The maximum atomic E-state index is 11.8. The largest absolute Gasteiger partial charge is 2.00 e. The molecule has 2 atom stereocenters. The van der Waals surface area contributed by atoms with Crippen LogP contribution < -0.4 is 10.2 Å². The van der Waals surface area contributed by atoms with Crippen molar-refractivity contribution in [2.75, 3.05) is 0 Å². The zero-order valence-corrected chi connectivity index (χ0v) is 22.2. The summed E-state index contributed by atoms with van der Waals surface area (Å²) in [6.45, 7) is 0. The van der Waals surface area contributed by atoms with E-state index in [4.69, 9.17) is 0 Å². The molecular formula is C20H14MgN8O6S2. The minimum absolute atomic E-state index is 0. The van der Waals surface area contributed by atoms with Gasteiger partial charge in [-0.15, -0.1) is 33.7 Å². The van der Waals surface area contributed by atoms with Gasteiger partial charge in [-0.1, -0.05) is 10.4 Å². The maximum Gasteiger partial charge on any atom is 2.00 e. The molecule has 184 valence electrons. The van der Waals surface area contributed by atoms with Crippen LogP contribution in [-0.2, 0) is 33.3 Å². The van der Waals surface area contributed by atoms with Gasteiger partial charge >= 0.3 is 23.1 Å². The van der Waals surface area contributed by atoms with Crippen molar-refractivity contribution in [1.29, 1.82) is 0 Å². The Bertz CT molecular complexity index is 1350. The molecular weight excluding hydrogens is 537 g/mol. The molecule has 0 aromatic carbocycles. The Morgan fingerprint density at radius 1 is 0.811 bits per heavy atom. The normalized spacial score (nSPS) is 23.3. The molecule has 4 aliphatic rings. The van der Waals surface area contributed by atoms with Crippen molar-refractivity contribution < 1.29 is 29.4 Å². The van der Waals surface area contributed by atoms with E-state index in [9.17, 15) is 29.4 Å². The van der Waals surface area contributed by atoms with E-state index in [0.29, 0.717) is 22.5 Å². The standard InChI is InChI=1S/2C10H8N4O3S.Mg/c2*1-13-3-5(11-12-13)2-6-8(15)14-7(10(16)17)4-18-9(6)14;/h2*2-4,9H,1H3,(H,16,17);/q;;+2/p-2/b2*6-2-;/t2*9-;/m11./s1. The van der Waals surface area contributed by atoms with Gasteiger partial charge in [-0.05, 0) is 23.0 Å². The molecule has 0 aliphatic carbocycles. The fraction of sp³-hybridized carbons (Fsp3) is 0.200. The second-order valence-corrected chi connectivity index (χ2v) is 9.65.